The van der Waals surface area contributed by atoms with Crippen molar-refractivity contribution in [3.63, 3.8) is 0 Å². The maximum Gasteiger partial charge on any atom is 0.231 e. The van der Waals surface area contributed by atoms with Crippen molar-refractivity contribution in [2.45, 2.75) is 32.1 Å². The van der Waals surface area contributed by atoms with Crippen LogP contribution in [0.2, 0.25) is 0 Å². The summed E-state index contributed by atoms with van der Waals surface area (Å²) in [6, 6.07) is 0. The Morgan fingerprint density at radius 3 is 2.89 bits per heavy atom. The molecule has 1 aliphatic rings. The van der Waals surface area contributed by atoms with Crippen molar-refractivity contribution in [2.75, 3.05) is 33.7 Å². The van der Waals surface area contributed by atoms with Gasteiger partial charge in [-0.2, -0.15) is 4.98 Å². The number of piperidine rings is 1. The van der Waals surface area contributed by atoms with E-state index in [1.54, 1.807) is 0 Å². The predicted octanol–water partition coefficient (Wildman–Crippen LogP) is 0.900. The van der Waals surface area contributed by atoms with Gasteiger partial charge in [-0.05, 0) is 20.5 Å². The highest BCUT2D eigenvalue weighted by molar-refractivity contribution is 5.77. The van der Waals surface area contributed by atoms with Crippen LogP contribution in [0.1, 0.15) is 37.4 Å². The van der Waals surface area contributed by atoms with Gasteiger partial charge < -0.3 is 14.3 Å². The Morgan fingerprint density at radius 2 is 2.26 bits per heavy atom. The van der Waals surface area contributed by atoms with Gasteiger partial charge in [-0.15, -0.1) is 0 Å². The van der Waals surface area contributed by atoms with Crippen LogP contribution in [0.3, 0.4) is 0 Å². The molecule has 1 aromatic heterocycles. The summed E-state index contributed by atoms with van der Waals surface area (Å²) >= 11 is 0. The number of carbonyl (C=O) groups excluding carboxylic acids is 1. The number of aryl methyl sites for hydroxylation is 1. The number of nitrogens with zero attached hydrogens (tertiary/aromatic N) is 4. The highest BCUT2D eigenvalue weighted by atomic mass is 16.5. The summed E-state index contributed by atoms with van der Waals surface area (Å²) < 4.78 is 5.29. The Morgan fingerprint density at radius 1 is 1.47 bits per heavy atom. The minimum atomic E-state index is 0.188. The van der Waals surface area contributed by atoms with Gasteiger partial charge in [-0.25, -0.2) is 0 Å². The van der Waals surface area contributed by atoms with Crippen molar-refractivity contribution in [3.8, 4) is 0 Å². The maximum atomic E-state index is 11.9. The standard InChI is InChI=1S/C13H22N4O2/c1-4-11-14-13(19-15-11)10-5-6-12(18)17(9-10)8-7-16(2)3/h10H,4-9H2,1-3H3. The molecule has 6 heteroatoms. The lowest BCUT2D eigenvalue weighted by Crippen LogP contribution is -2.42. The second-order valence-electron chi connectivity index (χ2n) is 5.28. The number of likely N-dealkylation sites (tertiary alicyclic amines) is 1. The van der Waals surface area contributed by atoms with Gasteiger partial charge >= 0.3 is 0 Å². The molecule has 1 aliphatic heterocycles. The topological polar surface area (TPSA) is 62.5 Å². The van der Waals surface area contributed by atoms with E-state index in [0.29, 0.717) is 18.9 Å². The first kappa shape index (κ1) is 14.0. The van der Waals surface area contributed by atoms with E-state index in [2.05, 4.69) is 15.0 Å². The SMILES string of the molecule is CCc1noc(C2CCC(=O)N(CCN(C)C)C2)n1. The molecule has 0 radical (unpaired) electrons. The van der Waals surface area contributed by atoms with Crippen LogP contribution < -0.4 is 0 Å². The normalized spacial score (nSPS) is 20.3. The predicted molar refractivity (Wildman–Crippen MR) is 70.8 cm³/mol. The Kier molecular flexibility index (Phi) is 4.52. The summed E-state index contributed by atoms with van der Waals surface area (Å²) in [6.45, 7) is 4.33. The monoisotopic (exact) mass is 266 g/mol. The van der Waals surface area contributed by atoms with E-state index < -0.39 is 0 Å². The first-order valence-electron chi connectivity index (χ1n) is 6.85. The van der Waals surface area contributed by atoms with Crippen LogP contribution in [0.4, 0.5) is 0 Å². The van der Waals surface area contributed by atoms with Gasteiger partial charge in [0.15, 0.2) is 5.82 Å². The third kappa shape index (κ3) is 3.53. The second kappa shape index (κ2) is 6.14. The molecule has 1 saturated heterocycles. The molecule has 1 fully saturated rings. The van der Waals surface area contributed by atoms with Gasteiger partial charge in [-0.1, -0.05) is 12.1 Å². The highest BCUT2D eigenvalue weighted by Gasteiger charge is 2.29. The molecule has 0 bridgehead atoms. The zero-order chi connectivity index (χ0) is 13.8. The molecule has 0 aliphatic carbocycles. The Bertz CT molecular complexity index is 430. The van der Waals surface area contributed by atoms with Gasteiger partial charge in [-0.3, -0.25) is 4.79 Å². The van der Waals surface area contributed by atoms with Crippen molar-refractivity contribution in [3.05, 3.63) is 11.7 Å². The summed E-state index contributed by atoms with van der Waals surface area (Å²) in [6.07, 6.45) is 2.16. The zero-order valence-electron chi connectivity index (χ0n) is 11.9. The second-order valence-corrected chi connectivity index (χ2v) is 5.28. The zero-order valence-corrected chi connectivity index (χ0v) is 11.9. The molecular formula is C13H22N4O2. The lowest BCUT2D eigenvalue weighted by molar-refractivity contribution is -0.134. The first-order chi connectivity index (χ1) is 9.10. The van der Waals surface area contributed by atoms with Crippen LogP contribution in [-0.2, 0) is 11.2 Å². The van der Waals surface area contributed by atoms with E-state index in [1.807, 2.05) is 25.9 Å². The molecule has 106 valence electrons. The average molecular weight is 266 g/mol. The van der Waals surface area contributed by atoms with E-state index in [4.69, 9.17) is 4.52 Å². The van der Waals surface area contributed by atoms with Crippen molar-refractivity contribution in [1.82, 2.24) is 19.9 Å². The van der Waals surface area contributed by atoms with Crippen molar-refractivity contribution in [1.29, 1.82) is 0 Å². The van der Waals surface area contributed by atoms with Gasteiger partial charge in [0, 0.05) is 32.5 Å². The Balaban J connectivity index is 1.98. The first-order valence-corrected chi connectivity index (χ1v) is 6.85. The number of amides is 1. The summed E-state index contributed by atoms with van der Waals surface area (Å²) in [5.74, 6) is 1.84. The van der Waals surface area contributed by atoms with Gasteiger partial charge in [0.1, 0.15) is 0 Å². The molecule has 1 atom stereocenters. The number of carbonyl (C=O) groups is 1. The quantitative estimate of drug-likeness (QED) is 0.792. The van der Waals surface area contributed by atoms with Crippen LogP contribution in [-0.4, -0.2) is 59.6 Å². The molecular weight excluding hydrogens is 244 g/mol. The van der Waals surface area contributed by atoms with Crippen molar-refractivity contribution in [2.24, 2.45) is 0 Å². The molecule has 2 heterocycles. The highest BCUT2D eigenvalue weighted by Crippen LogP contribution is 2.26. The van der Waals surface area contributed by atoms with Gasteiger partial charge in [0.2, 0.25) is 11.8 Å². The minimum Gasteiger partial charge on any atom is -0.341 e. The van der Waals surface area contributed by atoms with Crippen LogP contribution in [0.15, 0.2) is 4.52 Å². The van der Waals surface area contributed by atoms with E-state index >= 15 is 0 Å². The van der Waals surface area contributed by atoms with E-state index in [9.17, 15) is 4.79 Å². The molecule has 1 amide bonds. The largest absolute Gasteiger partial charge is 0.341 e. The number of rotatable bonds is 5. The fraction of sp³-hybridized carbons (Fsp3) is 0.769. The van der Waals surface area contributed by atoms with Gasteiger partial charge in [0.25, 0.3) is 0 Å². The number of hydrogen-bond donors (Lipinski definition) is 0. The fourth-order valence-electron chi connectivity index (χ4n) is 2.23. The lowest BCUT2D eigenvalue weighted by Gasteiger charge is -2.31. The van der Waals surface area contributed by atoms with Crippen LogP contribution >= 0.6 is 0 Å². The van der Waals surface area contributed by atoms with Crippen molar-refractivity contribution >= 4 is 5.91 Å². The van der Waals surface area contributed by atoms with Crippen LogP contribution in [0, 0.1) is 0 Å². The molecule has 0 spiro atoms. The Hall–Kier alpha value is -1.43. The molecule has 19 heavy (non-hydrogen) atoms. The molecule has 1 aromatic rings. The summed E-state index contributed by atoms with van der Waals surface area (Å²) in [7, 11) is 4.02. The molecule has 1 unspecified atom stereocenters. The van der Waals surface area contributed by atoms with E-state index in [0.717, 1.165) is 31.8 Å². The Labute approximate surface area is 113 Å². The maximum absolute atomic E-state index is 11.9. The molecule has 0 saturated carbocycles. The molecule has 6 nitrogen and oxygen atoms in total. The van der Waals surface area contributed by atoms with Crippen molar-refractivity contribution < 1.29 is 9.32 Å². The summed E-state index contributed by atoms with van der Waals surface area (Å²) in [5, 5.41) is 3.93. The molecule has 2 rings (SSSR count). The number of hydrogen-bond acceptors (Lipinski definition) is 5. The third-order valence-corrected chi connectivity index (χ3v) is 3.47. The van der Waals surface area contributed by atoms with Gasteiger partial charge in [0.05, 0.1) is 5.92 Å². The summed E-state index contributed by atoms with van der Waals surface area (Å²) in [5.41, 5.74) is 0. The average Bonchev–Trinajstić information content (AvgIpc) is 2.86. The third-order valence-electron chi connectivity index (χ3n) is 3.47. The van der Waals surface area contributed by atoms with Crippen LogP contribution in [0.5, 0.6) is 0 Å². The lowest BCUT2D eigenvalue weighted by atomic mass is 9.97. The number of aromatic nitrogens is 2. The minimum absolute atomic E-state index is 0.188. The van der Waals surface area contributed by atoms with Crippen LogP contribution in [0.25, 0.3) is 0 Å². The fourth-order valence-corrected chi connectivity index (χ4v) is 2.23. The smallest absolute Gasteiger partial charge is 0.231 e. The molecule has 0 N–H and O–H groups in total. The molecule has 0 aromatic carbocycles. The number of likely N-dealkylation sites (N-methyl/N-ethyl adjacent to an activating group) is 1. The summed E-state index contributed by atoms with van der Waals surface area (Å²) in [4.78, 5) is 20.3. The van der Waals surface area contributed by atoms with E-state index in [-0.39, 0.29) is 11.8 Å². The van der Waals surface area contributed by atoms with E-state index in [1.165, 1.54) is 0 Å².